The molecule has 6 heteroatoms. The van der Waals surface area contributed by atoms with Crippen LogP contribution < -0.4 is 5.32 Å². The van der Waals surface area contributed by atoms with E-state index in [0.717, 1.165) is 12.0 Å². The average molecular weight is 353 g/mol. The number of fused-ring (bicyclic) bond motifs is 2. The van der Waals surface area contributed by atoms with Crippen molar-refractivity contribution >= 4 is 5.91 Å². The van der Waals surface area contributed by atoms with Crippen molar-refractivity contribution in [1.29, 1.82) is 0 Å². The number of nitrogens with zero attached hydrogens (tertiary/aromatic N) is 4. The summed E-state index contributed by atoms with van der Waals surface area (Å²) in [5, 5.41) is 15.7. The number of carbonyl (C=O) groups is 1. The van der Waals surface area contributed by atoms with Gasteiger partial charge in [-0.05, 0) is 48.1 Å². The summed E-state index contributed by atoms with van der Waals surface area (Å²) in [5.74, 6) is 1.22. The number of hydrogen-bond acceptors (Lipinski definition) is 4. The Morgan fingerprint density at radius 3 is 2.62 bits per heavy atom. The maximum absolute atomic E-state index is 12.5. The molecule has 2 saturated carbocycles. The lowest BCUT2D eigenvalue weighted by molar-refractivity contribution is -0.123. The molecule has 0 spiro atoms. The van der Waals surface area contributed by atoms with Gasteiger partial charge in [-0.25, -0.2) is 0 Å². The van der Waals surface area contributed by atoms with Gasteiger partial charge in [0, 0.05) is 11.6 Å². The molecule has 2 bridgehead atoms. The van der Waals surface area contributed by atoms with Crippen molar-refractivity contribution < 1.29 is 4.79 Å². The molecule has 2 aliphatic carbocycles. The fraction of sp³-hybridized carbons (Fsp3) is 0.600. The maximum Gasteiger partial charge on any atom is 0.243 e. The SMILES string of the molecule is Cc1ccc(-c2nnn(CC(=O)NC3CC4CCC3(C)C4(C)C)n2)cc1. The number of amides is 1. The van der Waals surface area contributed by atoms with E-state index in [1.165, 1.54) is 23.2 Å². The largest absolute Gasteiger partial charge is 0.351 e. The predicted octanol–water partition coefficient (Wildman–Crippen LogP) is 2.98. The third-order valence-electron chi connectivity index (χ3n) is 7.18. The Morgan fingerprint density at radius 2 is 2.00 bits per heavy atom. The molecule has 1 heterocycles. The van der Waals surface area contributed by atoms with E-state index < -0.39 is 0 Å². The third kappa shape index (κ3) is 2.63. The molecule has 6 nitrogen and oxygen atoms in total. The summed E-state index contributed by atoms with van der Waals surface area (Å²) < 4.78 is 0. The molecular formula is C20H27N5O. The Balaban J connectivity index is 1.41. The van der Waals surface area contributed by atoms with Gasteiger partial charge in [0.05, 0.1) is 0 Å². The van der Waals surface area contributed by atoms with Gasteiger partial charge in [0.15, 0.2) is 0 Å². The van der Waals surface area contributed by atoms with Crippen LogP contribution in [0.2, 0.25) is 0 Å². The summed E-state index contributed by atoms with van der Waals surface area (Å²) in [6.45, 7) is 9.17. The van der Waals surface area contributed by atoms with Crippen molar-refractivity contribution in [2.75, 3.05) is 0 Å². The Kier molecular flexibility index (Phi) is 3.90. The first-order chi connectivity index (χ1) is 12.3. The molecule has 4 rings (SSSR count). The van der Waals surface area contributed by atoms with Crippen molar-refractivity contribution in [3.63, 3.8) is 0 Å². The Morgan fingerprint density at radius 1 is 1.27 bits per heavy atom. The lowest BCUT2D eigenvalue weighted by Crippen LogP contribution is -2.47. The van der Waals surface area contributed by atoms with E-state index >= 15 is 0 Å². The fourth-order valence-corrected chi connectivity index (χ4v) is 4.92. The number of aryl methyl sites for hydroxylation is 1. The van der Waals surface area contributed by atoms with Crippen LogP contribution in [-0.2, 0) is 11.3 Å². The van der Waals surface area contributed by atoms with Crippen LogP contribution in [0.3, 0.4) is 0 Å². The van der Waals surface area contributed by atoms with Gasteiger partial charge in [0.2, 0.25) is 11.7 Å². The van der Waals surface area contributed by atoms with Gasteiger partial charge in [0.1, 0.15) is 6.54 Å². The smallest absolute Gasteiger partial charge is 0.243 e. The van der Waals surface area contributed by atoms with Gasteiger partial charge >= 0.3 is 0 Å². The molecule has 0 saturated heterocycles. The normalized spacial score (nSPS) is 29.1. The number of benzene rings is 1. The molecule has 26 heavy (non-hydrogen) atoms. The van der Waals surface area contributed by atoms with Gasteiger partial charge in [-0.3, -0.25) is 4.79 Å². The molecule has 138 valence electrons. The van der Waals surface area contributed by atoms with Gasteiger partial charge in [0.25, 0.3) is 0 Å². The second kappa shape index (κ2) is 5.89. The monoisotopic (exact) mass is 353 g/mol. The van der Waals surface area contributed by atoms with E-state index in [4.69, 9.17) is 0 Å². The van der Waals surface area contributed by atoms with E-state index in [9.17, 15) is 4.79 Å². The number of rotatable bonds is 4. The zero-order chi connectivity index (χ0) is 18.5. The highest BCUT2D eigenvalue weighted by molar-refractivity contribution is 5.76. The van der Waals surface area contributed by atoms with Crippen LogP contribution in [0.25, 0.3) is 11.4 Å². The van der Waals surface area contributed by atoms with E-state index in [0.29, 0.717) is 11.7 Å². The van der Waals surface area contributed by atoms with E-state index in [1.807, 2.05) is 31.2 Å². The van der Waals surface area contributed by atoms with Crippen LogP contribution in [-0.4, -0.2) is 32.2 Å². The Labute approximate surface area is 154 Å². The van der Waals surface area contributed by atoms with E-state index in [-0.39, 0.29) is 29.3 Å². The van der Waals surface area contributed by atoms with E-state index in [1.54, 1.807) is 0 Å². The highest BCUT2D eigenvalue weighted by atomic mass is 16.2. The van der Waals surface area contributed by atoms with Gasteiger partial charge in [-0.15, -0.1) is 10.2 Å². The van der Waals surface area contributed by atoms with Gasteiger partial charge < -0.3 is 5.32 Å². The maximum atomic E-state index is 12.5. The Bertz CT molecular complexity index is 825. The zero-order valence-electron chi connectivity index (χ0n) is 16.0. The summed E-state index contributed by atoms with van der Waals surface area (Å²) in [6, 6.07) is 8.20. The first-order valence-corrected chi connectivity index (χ1v) is 9.44. The minimum atomic E-state index is -0.0348. The van der Waals surface area contributed by atoms with Crippen LogP contribution in [0.4, 0.5) is 0 Å². The van der Waals surface area contributed by atoms with Crippen molar-refractivity contribution in [2.24, 2.45) is 16.7 Å². The lowest BCUT2D eigenvalue weighted by Gasteiger charge is -2.39. The van der Waals surface area contributed by atoms with Crippen molar-refractivity contribution in [2.45, 2.75) is 59.5 Å². The predicted molar refractivity (Wildman–Crippen MR) is 99.1 cm³/mol. The molecule has 3 unspecified atom stereocenters. The number of nitrogens with one attached hydrogen (secondary N) is 1. The second-order valence-electron chi connectivity index (χ2n) is 8.74. The summed E-state index contributed by atoms with van der Waals surface area (Å²) in [5.41, 5.74) is 2.55. The first-order valence-electron chi connectivity index (χ1n) is 9.44. The molecule has 2 aliphatic rings. The van der Waals surface area contributed by atoms with Crippen LogP contribution in [0, 0.1) is 23.7 Å². The van der Waals surface area contributed by atoms with E-state index in [2.05, 4.69) is 41.5 Å². The minimum Gasteiger partial charge on any atom is -0.351 e. The number of carbonyl (C=O) groups excluding carboxylic acids is 1. The molecule has 1 amide bonds. The standard InChI is InChI=1S/C20H27N5O/c1-13-5-7-14(8-6-13)18-22-24-25(23-18)12-17(26)21-16-11-15-9-10-20(16,4)19(15,2)3/h5-8,15-16H,9-12H2,1-4H3,(H,21,26). The molecule has 2 fully saturated rings. The summed E-state index contributed by atoms with van der Waals surface area (Å²) >= 11 is 0. The molecule has 1 aromatic heterocycles. The highest BCUT2D eigenvalue weighted by Crippen LogP contribution is 2.65. The van der Waals surface area contributed by atoms with Gasteiger partial charge in [-0.2, -0.15) is 4.80 Å². The van der Waals surface area contributed by atoms with Gasteiger partial charge in [-0.1, -0.05) is 50.6 Å². The van der Waals surface area contributed by atoms with Crippen LogP contribution in [0.15, 0.2) is 24.3 Å². The molecular weight excluding hydrogens is 326 g/mol. The minimum absolute atomic E-state index is 0.0348. The summed E-state index contributed by atoms with van der Waals surface area (Å²) in [7, 11) is 0. The number of tetrazole rings is 1. The molecule has 3 atom stereocenters. The lowest BCUT2D eigenvalue weighted by atomic mass is 9.69. The van der Waals surface area contributed by atoms with Crippen LogP contribution >= 0.6 is 0 Å². The fourth-order valence-electron chi connectivity index (χ4n) is 4.92. The Hall–Kier alpha value is -2.24. The molecule has 2 aromatic rings. The summed E-state index contributed by atoms with van der Waals surface area (Å²) in [4.78, 5) is 13.9. The highest BCUT2D eigenvalue weighted by Gasteiger charge is 2.61. The molecule has 0 aliphatic heterocycles. The van der Waals surface area contributed by atoms with Crippen molar-refractivity contribution in [1.82, 2.24) is 25.5 Å². The topological polar surface area (TPSA) is 72.7 Å². The quantitative estimate of drug-likeness (QED) is 0.917. The molecule has 1 aromatic carbocycles. The number of aromatic nitrogens is 4. The van der Waals surface area contributed by atoms with Crippen LogP contribution in [0.1, 0.15) is 45.6 Å². The molecule has 0 radical (unpaired) electrons. The first kappa shape index (κ1) is 17.2. The average Bonchev–Trinajstić information content (AvgIpc) is 3.18. The van der Waals surface area contributed by atoms with Crippen molar-refractivity contribution in [3.8, 4) is 11.4 Å². The number of hydrogen-bond donors (Lipinski definition) is 1. The second-order valence-corrected chi connectivity index (χ2v) is 8.74. The third-order valence-corrected chi connectivity index (χ3v) is 7.18. The molecule has 1 N–H and O–H groups in total. The van der Waals surface area contributed by atoms with Crippen molar-refractivity contribution in [3.05, 3.63) is 29.8 Å². The summed E-state index contributed by atoms with van der Waals surface area (Å²) in [6.07, 6.45) is 3.55. The van der Waals surface area contributed by atoms with Crippen LogP contribution in [0.5, 0.6) is 0 Å². The zero-order valence-corrected chi connectivity index (χ0v) is 16.0.